The number of benzene rings is 1. The summed E-state index contributed by atoms with van der Waals surface area (Å²) in [4.78, 5) is 24.7. The summed E-state index contributed by atoms with van der Waals surface area (Å²) >= 11 is 1.69. The lowest BCUT2D eigenvalue weighted by Gasteiger charge is -2.08. The molecule has 0 spiro atoms. The smallest absolute Gasteiger partial charge is 0.224 e. The Bertz CT molecular complexity index is 1700. The zero-order chi connectivity index (χ0) is 24.6. The Labute approximate surface area is 211 Å². The molecule has 0 unspecified atom stereocenters. The van der Waals surface area contributed by atoms with E-state index in [1.54, 1.807) is 29.9 Å². The van der Waals surface area contributed by atoms with Crippen molar-refractivity contribution in [2.45, 2.75) is 20.3 Å². The Hall–Kier alpha value is -4.30. The number of anilines is 1. The fraction of sp³-hybridized carbons (Fsp3) is 0.143. The minimum atomic E-state index is -0.0183. The van der Waals surface area contributed by atoms with Gasteiger partial charge in [-0.1, -0.05) is 26.0 Å². The molecule has 0 aliphatic rings. The van der Waals surface area contributed by atoms with E-state index in [1.807, 2.05) is 19.9 Å². The number of pyridine rings is 2. The molecule has 0 aliphatic heterocycles. The highest BCUT2D eigenvalue weighted by Gasteiger charge is 2.15. The van der Waals surface area contributed by atoms with E-state index < -0.39 is 0 Å². The van der Waals surface area contributed by atoms with Gasteiger partial charge >= 0.3 is 0 Å². The van der Waals surface area contributed by atoms with Gasteiger partial charge in [-0.3, -0.25) is 14.9 Å². The Balaban J connectivity index is 1.38. The molecule has 1 amide bonds. The van der Waals surface area contributed by atoms with E-state index in [9.17, 15) is 4.79 Å². The van der Waals surface area contributed by atoms with Gasteiger partial charge in [-0.2, -0.15) is 16.4 Å². The summed E-state index contributed by atoms with van der Waals surface area (Å²) < 4.78 is 0. The summed E-state index contributed by atoms with van der Waals surface area (Å²) in [6, 6.07) is 14.6. The van der Waals surface area contributed by atoms with Gasteiger partial charge in [0.25, 0.3) is 0 Å². The van der Waals surface area contributed by atoms with Crippen LogP contribution in [0.1, 0.15) is 20.3 Å². The summed E-state index contributed by atoms with van der Waals surface area (Å²) in [7, 11) is 0. The third-order valence-corrected chi connectivity index (χ3v) is 6.81. The molecule has 0 aliphatic carbocycles. The molecule has 36 heavy (non-hydrogen) atoms. The average Bonchev–Trinajstić information content (AvgIpc) is 3.62. The predicted molar refractivity (Wildman–Crippen MR) is 146 cm³/mol. The first-order valence-electron chi connectivity index (χ1n) is 11.8. The van der Waals surface area contributed by atoms with E-state index in [-0.39, 0.29) is 5.91 Å². The molecule has 6 aromatic rings. The molecular weight excluding hydrogens is 468 g/mol. The Morgan fingerprint density at radius 1 is 1.03 bits per heavy atom. The second-order valence-corrected chi connectivity index (χ2v) is 10.0. The number of aromatic amines is 2. The van der Waals surface area contributed by atoms with Crippen LogP contribution in [0.15, 0.2) is 71.8 Å². The molecule has 0 atom stereocenters. The van der Waals surface area contributed by atoms with Gasteiger partial charge in [0.1, 0.15) is 0 Å². The number of carbonyl (C=O) groups is 1. The molecule has 0 fully saturated rings. The summed E-state index contributed by atoms with van der Waals surface area (Å²) in [6.07, 6.45) is 5.68. The van der Waals surface area contributed by atoms with Crippen LogP contribution < -0.4 is 5.32 Å². The minimum Gasteiger partial charge on any atom is -0.353 e. The monoisotopic (exact) mass is 492 g/mol. The van der Waals surface area contributed by atoms with Crippen LogP contribution in [0.3, 0.4) is 0 Å². The number of nitrogens with zero attached hydrogens (tertiary/aromatic N) is 3. The zero-order valence-corrected chi connectivity index (χ0v) is 20.7. The van der Waals surface area contributed by atoms with Crippen LogP contribution in [-0.2, 0) is 4.79 Å². The number of aromatic nitrogens is 5. The van der Waals surface area contributed by atoms with E-state index in [0.29, 0.717) is 23.7 Å². The second-order valence-electron chi connectivity index (χ2n) is 9.26. The van der Waals surface area contributed by atoms with Crippen molar-refractivity contribution >= 4 is 44.9 Å². The Kier molecular flexibility index (Phi) is 5.58. The summed E-state index contributed by atoms with van der Waals surface area (Å²) in [5, 5.41) is 16.9. The lowest BCUT2D eigenvalue weighted by atomic mass is 10.0. The fourth-order valence-corrected chi connectivity index (χ4v) is 5.13. The third-order valence-electron chi connectivity index (χ3n) is 6.12. The van der Waals surface area contributed by atoms with Crippen molar-refractivity contribution in [3.63, 3.8) is 0 Å². The lowest BCUT2D eigenvalue weighted by molar-refractivity contribution is -0.116. The van der Waals surface area contributed by atoms with E-state index in [0.717, 1.165) is 38.8 Å². The van der Waals surface area contributed by atoms with Crippen LogP contribution in [0.25, 0.3) is 55.6 Å². The van der Waals surface area contributed by atoms with Gasteiger partial charge in [0.15, 0.2) is 5.65 Å². The molecule has 0 radical (unpaired) electrons. The van der Waals surface area contributed by atoms with Crippen molar-refractivity contribution in [2.75, 3.05) is 5.32 Å². The maximum atomic E-state index is 12.2. The summed E-state index contributed by atoms with van der Waals surface area (Å²) in [5.41, 5.74) is 8.37. The molecule has 7 nitrogen and oxygen atoms in total. The number of thiophene rings is 1. The van der Waals surface area contributed by atoms with Gasteiger partial charge in [0, 0.05) is 46.2 Å². The lowest BCUT2D eigenvalue weighted by Crippen LogP contribution is -2.13. The summed E-state index contributed by atoms with van der Waals surface area (Å²) in [5.74, 6) is 0.272. The minimum absolute atomic E-state index is 0.0183. The normalized spacial score (nSPS) is 11.5. The fourth-order valence-electron chi connectivity index (χ4n) is 4.47. The molecular formula is C28H24N6OS. The van der Waals surface area contributed by atoms with Gasteiger partial charge in [-0.25, -0.2) is 4.98 Å². The van der Waals surface area contributed by atoms with Crippen molar-refractivity contribution in [1.82, 2.24) is 25.1 Å². The largest absolute Gasteiger partial charge is 0.353 e. The van der Waals surface area contributed by atoms with E-state index >= 15 is 0 Å². The van der Waals surface area contributed by atoms with Crippen molar-refractivity contribution in [1.29, 1.82) is 0 Å². The molecule has 6 rings (SSSR count). The van der Waals surface area contributed by atoms with Gasteiger partial charge in [0.05, 0.1) is 23.3 Å². The standard InChI is InChI=1S/C28H24N6OS/c1-16(2)8-26(35)31-20-9-18(12-29-14-20)19-10-23-27(33-34-28(23)30-13-19)25-11-22-21(17-6-7-36-15-17)4-3-5-24(22)32-25/h3-7,9-16,32H,8H2,1-2H3,(H,31,35)(H,30,33,34). The van der Waals surface area contributed by atoms with E-state index in [1.165, 1.54) is 11.1 Å². The highest BCUT2D eigenvalue weighted by molar-refractivity contribution is 7.08. The van der Waals surface area contributed by atoms with Crippen LogP contribution in [0, 0.1) is 5.92 Å². The van der Waals surface area contributed by atoms with E-state index in [4.69, 9.17) is 0 Å². The average molecular weight is 493 g/mol. The molecule has 5 heterocycles. The van der Waals surface area contributed by atoms with Crippen LogP contribution in [0.4, 0.5) is 5.69 Å². The van der Waals surface area contributed by atoms with E-state index in [2.05, 4.69) is 77.6 Å². The first-order valence-corrected chi connectivity index (χ1v) is 12.7. The number of rotatable bonds is 6. The van der Waals surface area contributed by atoms with Crippen LogP contribution >= 0.6 is 11.3 Å². The Morgan fingerprint density at radius 3 is 2.75 bits per heavy atom. The first kappa shape index (κ1) is 22.2. The van der Waals surface area contributed by atoms with Crippen LogP contribution in [0.2, 0.25) is 0 Å². The number of H-pyrrole nitrogens is 2. The molecule has 0 saturated heterocycles. The maximum absolute atomic E-state index is 12.2. The highest BCUT2D eigenvalue weighted by Crippen LogP contribution is 2.35. The molecule has 178 valence electrons. The van der Waals surface area contributed by atoms with Gasteiger partial charge in [-0.15, -0.1) is 0 Å². The zero-order valence-electron chi connectivity index (χ0n) is 19.9. The SMILES string of the molecule is CC(C)CC(=O)Nc1cncc(-c2cnc3n[nH]c(-c4cc5c(-c6ccsc6)cccc5[nH]4)c3c2)c1. The van der Waals surface area contributed by atoms with Gasteiger partial charge in [-0.05, 0) is 58.1 Å². The molecule has 0 bridgehead atoms. The molecule has 0 saturated carbocycles. The third kappa shape index (κ3) is 4.16. The number of nitrogens with one attached hydrogen (secondary N) is 3. The maximum Gasteiger partial charge on any atom is 0.224 e. The number of carbonyl (C=O) groups excluding carboxylic acids is 1. The van der Waals surface area contributed by atoms with Crippen molar-refractivity contribution in [3.05, 3.63) is 71.8 Å². The molecule has 3 N–H and O–H groups in total. The van der Waals surface area contributed by atoms with Crippen LogP contribution in [-0.4, -0.2) is 31.1 Å². The van der Waals surface area contributed by atoms with Crippen molar-refractivity contribution in [3.8, 4) is 33.6 Å². The van der Waals surface area contributed by atoms with Gasteiger partial charge < -0.3 is 10.3 Å². The molecule has 5 aromatic heterocycles. The van der Waals surface area contributed by atoms with Crippen molar-refractivity contribution in [2.24, 2.45) is 5.92 Å². The topological polar surface area (TPSA) is 99.3 Å². The first-order chi connectivity index (χ1) is 17.5. The molecule has 8 heteroatoms. The van der Waals surface area contributed by atoms with Crippen LogP contribution in [0.5, 0.6) is 0 Å². The second kappa shape index (κ2) is 9.05. The van der Waals surface area contributed by atoms with Gasteiger partial charge in [0.2, 0.25) is 5.91 Å². The summed E-state index contributed by atoms with van der Waals surface area (Å²) in [6.45, 7) is 4.04. The number of fused-ring (bicyclic) bond motifs is 2. The predicted octanol–water partition coefficient (Wildman–Crippen LogP) is 6.88. The van der Waals surface area contributed by atoms with Crippen molar-refractivity contribution < 1.29 is 4.79 Å². The molecule has 1 aromatic carbocycles. The number of hydrogen-bond acceptors (Lipinski definition) is 5. The number of hydrogen-bond donors (Lipinski definition) is 3. The number of amides is 1. The highest BCUT2D eigenvalue weighted by atomic mass is 32.1. The Morgan fingerprint density at radius 2 is 1.92 bits per heavy atom. The quantitative estimate of drug-likeness (QED) is 0.236.